The lowest BCUT2D eigenvalue weighted by Crippen LogP contribution is -2.30. The summed E-state index contributed by atoms with van der Waals surface area (Å²) < 4.78 is 6.98. The second-order valence-electron chi connectivity index (χ2n) is 14.0. The third-order valence-electron chi connectivity index (χ3n) is 11.2. The first-order valence-electron chi connectivity index (χ1n) is 18.5. The summed E-state index contributed by atoms with van der Waals surface area (Å²) in [5, 5.41) is 2.41. The summed E-state index contributed by atoms with van der Waals surface area (Å²) in [6, 6.07) is 74.5. The van der Waals surface area contributed by atoms with E-state index in [9.17, 15) is 0 Å². The zero-order valence-electron chi connectivity index (χ0n) is 29.4. The minimum absolute atomic E-state index is 0.499. The summed E-state index contributed by atoms with van der Waals surface area (Å²) >= 11 is 0. The normalized spacial score (nSPS) is 12.1. The van der Waals surface area contributed by atoms with E-state index in [1.165, 1.54) is 38.5 Å². The van der Waals surface area contributed by atoms with Gasteiger partial charge in [0, 0.05) is 22.1 Å². The van der Waals surface area contributed by atoms with Gasteiger partial charge in [-0.1, -0.05) is 146 Å². The van der Waals surface area contributed by atoms with E-state index in [4.69, 9.17) is 4.98 Å². The lowest BCUT2D eigenvalue weighted by atomic mass is 9.65. The lowest BCUT2D eigenvalue weighted by molar-refractivity contribution is 0.745. The Kier molecular flexibility index (Phi) is 6.73. The summed E-state index contributed by atoms with van der Waals surface area (Å²) in [7, 11) is 0. The first kappa shape index (κ1) is 30.5. The van der Waals surface area contributed by atoms with Crippen LogP contribution in [0.1, 0.15) is 22.3 Å². The summed E-state index contributed by atoms with van der Waals surface area (Å²) in [5.74, 6) is 0.912. The zero-order valence-corrected chi connectivity index (χ0v) is 29.4. The standard InChI is InChI=1S/C50H34N4/c1-4-16-35(17-5-1)50(36-18-6-2-7-19-36,37-20-8-3-9-21-37)38-28-30-39(31-29-38)52-44-24-12-10-22-41(44)42-34-40(32-33-45(42)52)53-47-26-14-15-27-48(47)54-46-25-13-11-23-43(46)51-49(53)54/h1-34H. The molecule has 254 valence electrons. The number of para-hydroxylation sites is 5. The number of aromatic nitrogens is 4. The minimum atomic E-state index is -0.499. The van der Waals surface area contributed by atoms with Crippen molar-refractivity contribution in [2.75, 3.05) is 0 Å². The summed E-state index contributed by atoms with van der Waals surface area (Å²) in [6.45, 7) is 0. The second-order valence-corrected chi connectivity index (χ2v) is 14.0. The smallest absolute Gasteiger partial charge is 0.220 e. The van der Waals surface area contributed by atoms with E-state index >= 15 is 0 Å². The van der Waals surface area contributed by atoms with Gasteiger partial charge in [0.2, 0.25) is 5.78 Å². The quantitative estimate of drug-likeness (QED) is 0.160. The maximum atomic E-state index is 5.14. The van der Waals surface area contributed by atoms with Crippen molar-refractivity contribution < 1.29 is 0 Å². The van der Waals surface area contributed by atoms with Crippen LogP contribution in [-0.2, 0) is 5.41 Å². The number of benzene rings is 8. The van der Waals surface area contributed by atoms with Crippen LogP contribution in [0, 0.1) is 0 Å². The molecule has 0 unspecified atom stereocenters. The Morgan fingerprint density at radius 1 is 0.333 bits per heavy atom. The van der Waals surface area contributed by atoms with Crippen LogP contribution in [0.5, 0.6) is 0 Å². The first-order valence-corrected chi connectivity index (χ1v) is 18.5. The number of rotatable bonds is 6. The maximum Gasteiger partial charge on any atom is 0.220 e. The van der Waals surface area contributed by atoms with Gasteiger partial charge in [0.05, 0.1) is 38.5 Å². The van der Waals surface area contributed by atoms with E-state index < -0.39 is 5.41 Å². The molecule has 11 aromatic rings. The number of hydrogen-bond donors (Lipinski definition) is 0. The van der Waals surface area contributed by atoms with Gasteiger partial charge in [-0.3, -0.25) is 8.97 Å². The predicted molar refractivity (Wildman–Crippen MR) is 222 cm³/mol. The van der Waals surface area contributed by atoms with Crippen LogP contribution in [-0.4, -0.2) is 18.5 Å². The van der Waals surface area contributed by atoms with Gasteiger partial charge in [-0.2, -0.15) is 0 Å². The van der Waals surface area contributed by atoms with Crippen molar-refractivity contribution in [3.05, 3.63) is 229 Å². The molecule has 3 heterocycles. The fourth-order valence-corrected chi connectivity index (χ4v) is 8.91. The Morgan fingerprint density at radius 3 is 1.46 bits per heavy atom. The van der Waals surface area contributed by atoms with Crippen molar-refractivity contribution in [2.45, 2.75) is 5.41 Å². The molecule has 3 aromatic heterocycles. The topological polar surface area (TPSA) is 27.2 Å². The highest BCUT2D eigenvalue weighted by molar-refractivity contribution is 6.10. The van der Waals surface area contributed by atoms with Gasteiger partial charge in [0.15, 0.2) is 0 Å². The number of imidazole rings is 2. The van der Waals surface area contributed by atoms with Gasteiger partial charge in [-0.15, -0.1) is 0 Å². The van der Waals surface area contributed by atoms with Crippen LogP contribution in [0.15, 0.2) is 206 Å². The number of nitrogens with zero attached hydrogens (tertiary/aromatic N) is 4. The van der Waals surface area contributed by atoms with E-state index in [1.807, 2.05) is 0 Å². The second kappa shape index (κ2) is 11.9. The van der Waals surface area contributed by atoms with Crippen molar-refractivity contribution in [3.8, 4) is 11.4 Å². The highest BCUT2D eigenvalue weighted by Crippen LogP contribution is 2.45. The van der Waals surface area contributed by atoms with E-state index in [2.05, 4.69) is 220 Å². The van der Waals surface area contributed by atoms with Gasteiger partial charge in [0.1, 0.15) is 0 Å². The SMILES string of the molecule is c1ccc(C(c2ccccc2)(c2ccccc2)c2ccc(-n3c4ccccc4c4cc(-n5c6ccccc6n6c7ccccc7nc56)ccc43)cc2)cc1. The van der Waals surface area contributed by atoms with E-state index in [0.29, 0.717) is 0 Å². The molecule has 0 fully saturated rings. The Hall–Kier alpha value is -7.17. The Bertz CT molecular complexity index is 3040. The molecule has 8 aromatic carbocycles. The molecule has 0 bridgehead atoms. The molecule has 4 heteroatoms. The molecule has 0 radical (unpaired) electrons. The van der Waals surface area contributed by atoms with Gasteiger partial charge < -0.3 is 4.57 Å². The Morgan fingerprint density at radius 2 is 0.815 bits per heavy atom. The van der Waals surface area contributed by atoms with E-state index in [-0.39, 0.29) is 0 Å². The van der Waals surface area contributed by atoms with Crippen molar-refractivity contribution in [1.82, 2.24) is 18.5 Å². The fourth-order valence-electron chi connectivity index (χ4n) is 8.91. The minimum Gasteiger partial charge on any atom is -0.309 e. The monoisotopic (exact) mass is 690 g/mol. The van der Waals surface area contributed by atoms with Crippen LogP contribution < -0.4 is 0 Å². The molecule has 0 saturated carbocycles. The average Bonchev–Trinajstić information content (AvgIpc) is 3.89. The highest BCUT2D eigenvalue weighted by atomic mass is 15.2. The Labute approximate surface area is 312 Å². The van der Waals surface area contributed by atoms with Crippen molar-refractivity contribution in [1.29, 1.82) is 0 Å². The number of fused-ring (bicyclic) bond motifs is 8. The van der Waals surface area contributed by atoms with Crippen LogP contribution in [0.3, 0.4) is 0 Å². The van der Waals surface area contributed by atoms with Gasteiger partial charge in [-0.25, -0.2) is 4.98 Å². The molecule has 4 nitrogen and oxygen atoms in total. The molecule has 0 N–H and O–H groups in total. The van der Waals surface area contributed by atoms with Crippen LogP contribution in [0.25, 0.3) is 61.0 Å². The molecule has 11 rings (SSSR count). The Balaban J connectivity index is 1.11. The maximum absolute atomic E-state index is 5.14. The average molecular weight is 691 g/mol. The van der Waals surface area contributed by atoms with Crippen molar-refractivity contribution >= 4 is 49.7 Å². The highest BCUT2D eigenvalue weighted by Gasteiger charge is 2.38. The fraction of sp³-hybridized carbons (Fsp3) is 0.0200. The first-order chi connectivity index (χ1) is 26.8. The lowest BCUT2D eigenvalue weighted by Gasteiger charge is -2.37. The van der Waals surface area contributed by atoms with Crippen molar-refractivity contribution in [2.24, 2.45) is 0 Å². The molecule has 0 atom stereocenters. The zero-order chi connectivity index (χ0) is 35.6. The molecular formula is C50H34N4. The van der Waals surface area contributed by atoms with Crippen LogP contribution in [0.4, 0.5) is 0 Å². The van der Waals surface area contributed by atoms with Gasteiger partial charge in [0.25, 0.3) is 0 Å². The summed E-state index contributed by atoms with van der Waals surface area (Å²) in [4.78, 5) is 5.14. The molecule has 0 spiro atoms. The molecule has 0 aliphatic rings. The molecule has 0 aliphatic heterocycles. The summed E-state index contributed by atoms with van der Waals surface area (Å²) in [5.41, 5.74) is 13.3. The van der Waals surface area contributed by atoms with Crippen LogP contribution in [0.2, 0.25) is 0 Å². The van der Waals surface area contributed by atoms with E-state index in [1.54, 1.807) is 0 Å². The molecule has 0 amide bonds. The summed E-state index contributed by atoms with van der Waals surface area (Å²) in [6.07, 6.45) is 0. The third kappa shape index (κ3) is 4.34. The molecule has 54 heavy (non-hydrogen) atoms. The molecule has 0 aliphatic carbocycles. The van der Waals surface area contributed by atoms with Crippen LogP contribution >= 0.6 is 0 Å². The van der Waals surface area contributed by atoms with E-state index in [0.717, 1.165) is 44.7 Å². The predicted octanol–water partition coefficient (Wildman–Crippen LogP) is 11.9. The number of hydrogen-bond acceptors (Lipinski definition) is 1. The third-order valence-corrected chi connectivity index (χ3v) is 11.2. The largest absolute Gasteiger partial charge is 0.309 e. The van der Waals surface area contributed by atoms with Gasteiger partial charge in [-0.05, 0) is 82.9 Å². The van der Waals surface area contributed by atoms with Crippen molar-refractivity contribution in [3.63, 3.8) is 0 Å². The molecular weight excluding hydrogens is 657 g/mol. The molecule has 0 saturated heterocycles. The van der Waals surface area contributed by atoms with Gasteiger partial charge >= 0.3 is 0 Å².